The van der Waals surface area contributed by atoms with Crippen molar-refractivity contribution >= 4 is 34.8 Å². The topological polar surface area (TPSA) is 79.0 Å². The summed E-state index contributed by atoms with van der Waals surface area (Å²) in [7, 11) is 1.51. The maximum atomic E-state index is 13.1. The molecule has 2 fully saturated rings. The Hall–Kier alpha value is -3.42. The van der Waals surface area contributed by atoms with Gasteiger partial charge in [-0.1, -0.05) is 0 Å². The Morgan fingerprint density at radius 2 is 1.87 bits per heavy atom. The fourth-order valence-electron chi connectivity index (χ4n) is 3.91. The van der Waals surface area contributed by atoms with Gasteiger partial charge < -0.3 is 19.9 Å². The van der Waals surface area contributed by atoms with Crippen LogP contribution >= 0.6 is 0 Å². The van der Waals surface area contributed by atoms with Gasteiger partial charge >= 0.3 is 0 Å². The molecule has 0 aromatic heterocycles. The van der Waals surface area contributed by atoms with Gasteiger partial charge in [-0.05, 0) is 49.2 Å². The quantitative estimate of drug-likeness (QED) is 0.768. The van der Waals surface area contributed by atoms with Gasteiger partial charge in [0, 0.05) is 37.0 Å². The Balaban J connectivity index is 1.46. The van der Waals surface area contributed by atoms with Crippen LogP contribution in [0.2, 0.25) is 0 Å². The lowest BCUT2D eigenvalue weighted by molar-refractivity contribution is -0.129. The highest BCUT2D eigenvalue weighted by molar-refractivity contribution is 6.13. The Morgan fingerprint density at radius 1 is 1.10 bits per heavy atom. The fraction of sp³-hybridized carbons (Fsp3) is 0.318. The van der Waals surface area contributed by atoms with Gasteiger partial charge in [-0.25, -0.2) is 4.39 Å². The van der Waals surface area contributed by atoms with Gasteiger partial charge in [-0.15, -0.1) is 0 Å². The van der Waals surface area contributed by atoms with Crippen LogP contribution in [0.1, 0.15) is 19.3 Å². The zero-order valence-electron chi connectivity index (χ0n) is 16.6. The van der Waals surface area contributed by atoms with Crippen molar-refractivity contribution in [2.75, 3.05) is 35.3 Å². The average molecular weight is 411 g/mol. The molecule has 2 aliphatic rings. The highest BCUT2D eigenvalue weighted by Gasteiger charge is 2.37. The number of hydrogen-bond acceptors (Lipinski definition) is 4. The summed E-state index contributed by atoms with van der Waals surface area (Å²) in [6, 6.07) is 10.7. The molecule has 2 aromatic rings. The molecule has 8 heteroatoms. The van der Waals surface area contributed by atoms with E-state index in [1.807, 2.05) is 0 Å². The molecule has 0 saturated carbocycles. The number of anilines is 3. The largest absolute Gasteiger partial charge is 0.494 e. The summed E-state index contributed by atoms with van der Waals surface area (Å²) in [5.41, 5.74) is 1.72. The van der Waals surface area contributed by atoms with Gasteiger partial charge in [-0.2, -0.15) is 0 Å². The third-order valence-corrected chi connectivity index (χ3v) is 5.47. The number of nitrogens with zero attached hydrogens (tertiary/aromatic N) is 2. The van der Waals surface area contributed by atoms with Crippen molar-refractivity contribution in [3.8, 4) is 5.75 Å². The predicted octanol–water partition coefficient (Wildman–Crippen LogP) is 2.95. The van der Waals surface area contributed by atoms with E-state index in [-0.39, 0.29) is 17.6 Å². The minimum atomic E-state index is -0.819. The first kappa shape index (κ1) is 19.9. The Morgan fingerprint density at radius 3 is 2.53 bits per heavy atom. The van der Waals surface area contributed by atoms with Crippen LogP contribution in [0.15, 0.2) is 42.5 Å². The van der Waals surface area contributed by atoms with Gasteiger partial charge in [-0.3, -0.25) is 14.4 Å². The first-order chi connectivity index (χ1) is 14.5. The van der Waals surface area contributed by atoms with Crippen molar-refractivity contribution < 1.29 is 23.5 Å². The molecule has 156 valence electrons. The molecule has 0 bridgehead atoms. The normalized spacial score (nSPS) is 18.8. The van der Waals surface area contributed by atoms with E-state index >= 15 is 0 Å². The molecule has 2 aliphatic heterocycles. The van der Waals surface area contributed by atoms with Crippen LogP contribution in [-0.2, 0) is 14.4 Å². The summed E-state index contributed by atoms with van der Waals surface area (Å²) >= 11 is 0. The SMILES string of the molecule is COc1cc(NC(=O)[C@@H]2CCN(c3ccc(F)cc3)C2=O)ccc1N1CCCC1=O. The van der Waals surface area contributed by atoms with E-state index in [4.69, 9.17) is 4.74 Å². The van der Waals surface area contributed by atoms with Crippen LogP contribution in [0.4, 0.5) is 21.5 Å². The molecule has 1 atom stereocenters. The number of hydrogen-bond donors (Lipinski definition) is 1. The van der Waals surface area contributed by atoms with Gasteiger partial charge in [0.05, 0.1) is 12.8 Å². The number of benzene rings is 2. The molecule has 7 nitrogen and oxygen atoms in total. The molecule has 0 radical (unpaired) electrons. The second-order valence-corrected chi connectivity index (χ2v) is 7.33. The van der Waals surface area contributed by atoms with Gasteiger partial charge in [0.1, 0.15) is 17.5 Å². The maximum Gasteiger partial charge on any atom is 0.239 e. The zero-order valence-corrected chi connectivity index (χ0v) is 16.6. The standard InChI is InChI=1S/C22H22FN3O4/c1-30-19-13-15(6-9-18(19)26-11-2-3-20(26)27)24-21(28)17-10-12-25(22(17)29)16-7-4-14(23)5-8-16/h4-9,13,17H,2-3,10-12H2,1H3,(H,24,28)/t17-/m0/s1. The second kappa shape index (κ2) is 8.14. The number of rotatable bonds is 5. The van der Waals surface area contributed by atoms with E-state index in [0.29, 0.717) is 48.7 Å². The number of methoxy groups -OCH3 is 1. The third kappa shape index (κ3) is 3.72. The summed E-state index contributed by atoms with van der Waals surface area (Å²) in [6.07, 6.45) is 1.68. The van der Waals surface area contributed by atoms with Gasteiger partial charge in [0.2, 0.25) is 17.7 Å². The highest BCUT2D eigenvalue weighted by Crippen LogP contribution is 2.34. The van der Waals surface area contributed by atoms with Gasteiger partial charge in [0.25, 0.3) is 0 Å². The lowest BCUT2D eigenvalue weighted by Gasteiger charge is -2.20. The highest BCUT2D eigenvalue weighted by atomic mass is 19.1. The van der Waals surface area contributed by atoms with Crippen molar-refractivity contribution in [2.45, 2.75) is 19.3 Å². The van der Waals surface area contributed by atoms with Crippen molar-refractivity contribution in [2.24, 2.45) is 5.92 Å². The van der Waals surface area contributed by atoms with Crippen LogP contribution in [0.25, 0.3) is 0 Å². The molecule has 0 aliphatic carbocycles. The van der Waals surface area contributed by atoms with E-state index in [0.717, 1.165) is 6.42 Å². The van der Waals surface area contributed by atoms with E-state index in [9.17, 15) is 18.8 Å². The third-order valence-electron chi connectivity index (χ3n) is 5.47. The molecule has 0 unspecified atom stereocenters. The lowest BCUT2D eigenvalue weighted by atomic mass is 10.1. The molecule has 2 heterocycles. The van der Waals surface area contributed by atoms with Crippen LogP contribution in [0.3, 0.4) is 0 Å². The average Bonchev–Trinajstić information content (AvgIpc) is 3.34. The molecule has 30 heavy (non-hydrogen) atoms. The molecule has 0 spiro atoms. The number of carbonyl (C=O) groups is 3. The Bertz CT molecular complexity index is 992. The van der Waals surface area contributed by atoms with Crippen LogP contribution in [-0.4, -0.2) is 37.9 Å². The van der Waals surface area contributed by atoms with E-state index < -0.39 is 11.8 Å². The van der Waals surface area contributed by atoms with Gasteiger partial charge in [0.15, 0.2) is 0 Å². The smallest absolute Gasteiger partial charge is 0.239 e. The molecular weight excluding hydrogens is 389 g/mol. The van der Waals surface area contributed by atoms with E-state index in [2.05, 4.69) is 5.32 Å². The maximum absolute atomic E-state index is 13.1. The minimum absolute atomic E-state index is 0.0440. The summed E-state index contributed by atoms with van der Waals surface area (Å²) in [5.74, 6) is -1.40. The Kier molecular flexibility index (Phi) is 5.39. The second-order valence-electron chi connectivity index (χ2n) is 7.33. The zero-order chi connectivity index (χ0) is 21.3. The van der Waals surface area contributed by atoms with Crippen molar-refractivity contribution in [3.05, 3.63) is 48.3 Å². The minimum Gasteiger partial charge on any atom is -0.494 e. The number of halogens is 1. The van der Waals surface area contributed by atoms with E-state index in [1.54, 1.807) is 23.1 Å². The lowest BCUT2D eigenvalue weighted by Crippen LogP contribution is -2.33. The molecule has 2 aromatic carbocycles. The van der Waals surface area contributed by atoms with Crippen LogP contribution in [0.5, 0.6) is 5.75 Å². The first-order valence-corrected chi connectivity index (χ1v) is 9.84. The summed E-state index contributed by atoms with van der Waals surface area (Å²) in [6.45, 7) is 1.03. The molecule has 3 amide bonds. The van der Waals surface area contributed by atoms with Crippen molar-refractivity contribution in [1.29, 1.82) is 0 Å². The molecule has 4 rings (SSSR count). The number of carbonyl (C=O) groups excluding carboxylic acids is 3. The van der Waals surface area contributed by atoms with E-state index in [1.165, 1.54) is 36.3 Å². The van der Waals surface area contributed by atoms with Crippen LogP contribution in [0, 0.1) is 11.7 Å². The van der Waals surface area contributed by atoms with Crippen molar-refractivity contribution in [3.63, 3.8) is 0 Å². The number of ether oxygens (including phenoxy) is 1. The predicted molar refractivity (Wildman–Crippen MR) is 110 cm³/mol. The molecule has 2 saturated heterocycles. The molecule has 1 N–H and O–H groups in total. The number of amides is 3. The Labute approximate surface area is 173 Å². The first-order valence-electron chi connectivity index (χ1n) is 9.84. The van der Waals surface area contributed by atoms with Crippen molar-refractivity contribution in [1.82, 2.24) is 0 Å². The number of nitrogens with one attached hydrogen (secondary N) is 1. The summed E-state index contributed by atoms with van der Waals surface area (Å²) < 4.78 is 18.5. The fourth-order valence-corrected chi connectivity index (χ4v) is 3.91. The summed E-state index contributed by atoms with van der Waals surface area (Å²) in [4.78, 5) is 40.6. The molecular formula is C22H22FN3O4. The summed E-state index contributed by atoms with van der Waals surface area (Å²) in [5, 5.41) is 2.77. The monoisotopic (exact) mass is 411 g/mol. The van der Waals surface area contributed by atoms with Crippen LogP contribution < -0.4 is 19.9 Å².